The molecule has 1 N–H and O–H groups in total. The molecule has 1 amide bonds. The predicted molar refractivity (Wildman–Crippen MR) is 69.0 cm³/mol. The fourth-order valence-corrected chi connectivity index (χ4v) is 1.64. The summed E-state index contributed by atoms with van der Waals surface area (Å²) in [5.74, 6) is -2.30. The fourth-order valence-electron chi connectivity index (χ4n) is 1.64. The van der Waals surface area contributed by atoms with Crippen LogP contribution in [0.15, 0.2) is 28.8 Å². The van der Waals surface area contributed by atoms with Gasteiger partial charge in [0.2, 0.25) is 5.82 Å². The van der Waals surface area contributed by atoms with Crippen LogP contribution in [0.4, 0.5) is 22.0 Å². The first-order valence-electron chi connectivity index (χ1n) is 6.46. The van der Waals surface area contributed by atoms with E-state index in [-0.39, 0.29) is 30.1 Å². The molecule has 0 atom stereocenters. The van der Waals surface area contributed by atoms with Gasteiger partial charge in [0.15, 0.2) is 0 Å². The first kappa shape index (κ1) is 17.8. The highest BCUT2D eigenvalue weighted by Crippen LogP contribution is 2.29. The Morgan fingerprint density at radius 2 is 1.92 bits per heavy atom. The summed E-state index contributed by atoms with van der Waals surface area (Å²) >= 11 is 0. The normalized spacial score (nSPS) is 11.8. The van der Waals surface area contributed by atoms with Gasteiger partial charge in [-0.15, -0.1) is 0 Å². The minimum absolute atomic E-state index is 0.120. The molecular formula is C13H10F5N3O3. The lowest BCUT2D eigenvalue weighted by molar-refractivity contribution is -0.159. The van der Waals surface area contributed by atoms with Gasteiger partial charge in [-0.25, -0.2) is 0 Å². The number of nitrogens with one attached hydrogen (secondary N) is 1. The lowest BCUT2D eigenvalue weighted by Gasteiger charge is -2.06. The van der Waals surface area contributed by atoms with Crippen molar-refractivity contribution in [1.29, 1.82) is 0 Å². The molecule has 0 unspecified atom stereocenters. The molecule has 1 aromatic heterocycles. The Morgan fingerprint density at radius 1 is 1.25 bits per heavy atom. The minimum Gasteiger partial charge on any atom is -0.350 e. The summed E-state index contributed by atoms with van der Waals surface area (Å²) in [6.45, 7) is -3.40. The highest BCUT2D eigenvalue weighted by atomic mass is 19.4. The lowest BCUT2D eigenvalue weighted by atomic mass is 10.1. The van der Waals surface area contributed by atoms with Crippen molar-refractivity contribution in [3.63, 3.8) is 0 Å². The van der Waals surface area contributed by atoms with Crippen LogP contribution in [0.5, 0.6) is 0 Å². The summed E-state index contributed by atoms with van der Waals surface area (Å²) < 4.78 is 68.7. The Hall–Kier alpha value is -2.56. The van der Waals surface area contributed by atoms with E-state index in [2.05, 4.69) is 24.7 Å². The Morgan fingerprint density at radius 3 is 2.46 bits per heavy atom. The number of ether oxygens (including phenoxy) is 1. The SMILES string of the molecule is O=C(NCCOC(F)F)c1ccc(-c2noc(C(F)(F)F)n2)cc1. The van der Waals surface area contributed by atoms with Crippen LogP contribution in [0.1, 0.15) is 16.2 Å². The third kappa shape index (κ3) is 4.72. The molecule has 0 aliphatic rings. The second kappa shape index (κ2) is 7.34. The van der Waals surface area contributed by atoms with Crippen molar-refractivity contribution in [2.45, 2.75) is 12.8 Å². The highest BCUT2D eigenvalue weighted by Gasteiger charge is 2.38. The smallest absolute Gasteiger partial charge is 0.350 e. The first-order chi connectivity index (χ1) is 11.3. The number of nitrogens with zero attached hydrogens (tertiary/aromatic N) is 2. The lowest BCUT2D eigenvalue weighted by Crippen LogP contribution is -2.27. The molecule has 2 aromatic rings. The van der Waals surface area contributed by atoms with Gasteiger partial charge in [0.05, 0.1) is 6.61 Å². The van der Waals surface area contributed by atoms with Crippen LogP contribution in [-0.2, 0) is 10.9 Å². The second-order valence-electron chi connectivity index (χ2n) is 4.39. The molecule has 0 aliphatic heterocycles. The van der Waals surface area contributed by atoms with E-state index in [0.29, 0.717) is 0 Å². The van der Waals surface area contributed by atoms with Crippen molar-refractivity contribution in [2.24, 2.45) is 0 Å². The zero-order valence-electron chi connectivity index (χ0n) is 11.8. The van der Waals surface area contributed by atoms with Gasteiger partial charge in [-0.3, -0.25) is 4.79 Å². The van der Waals surface area contributed by atoms with Gasteiger partial charge < -0.3 is 14.6 Å². The molecule has 2 rings (SSSR count). The van der Waals surface area contributed by atoms with Gasteiger partial charge in [0, 0.05) is 17.7 Å². The van der Waals surface area contributed by atoms with Crippen molar-refractivity contribution in [3.8, 4) is 11.4 Å². The number of hydrogen-bond acceptors (Lipinski definition) is 5. The Labute approximate surface area is 131 Å². The summed E-state index contributed by atoms with van der Waals surface area (Å²) in [7, 11) is 0. The topological polar surface area (TPSA) is 77.2 Å². The Kier molecular flexibility index (Phi) is 5.44. The number of benzene rings is 1. The van der Waals surface area contributed by atoms with E-state index in [1.807, 2.05) is 0 Å². The predicted octanol–water partition coefficient (Wildman–Crippen LogP) is 2.72. The molecule has 0 spiro atoms. The number of hydrogen-bond donors (Lipinski definition) is 1. The quantitative estimate of drug-likeness (QED) is 0.640. The van der Waals surface area contributed by atoms with E-state index >= 15 is 0 Å². The molecule has 24 heavy (non-hydrogen) atoms. The third-order valence-corrected chi connectivity index (χ3v) is 2.71. The summed E-state index contributed by atoms with van der Waals surface area (Å²) in [4.78, 5) is 14.9. The number of alkyl halides is 5. The van der Waals surface area contributed by atoms with Gasteiger partial charge in [-0.2, -0.15) is 26.9 Å². The molecule has 0 bridgehead atoms. The van der Waals surface area contributed by atoms with Gasteiger partial charge in [-0.1, -0.05) is 17.3 Å². The second-order valence-corrected chi connectivity index (χ2v) is 4.39. The molecule has 11 heteroatoms. The highest BCUT2D eigenvalue weighted by molar-refractivity contribution is 5.94. The zero-order chi connectivity index (χ0) is 17.7. The summed E-state index contributed by atoms with van der Waals surface area (Å²) in [6, 6.07) is 5.30. The standard InChI is InChI=1S/C13H10F5N3O3/c14-12(15)23-6-5-19-10(22)8-3-1-7(2-4-8)9-20-11(24-21-9)13(16,17)18/h1-4,12H,5-6H2,(H,19,22). The van der Waals surface area contributed by atoms with E-state index in [0.717, 1.165) is 0 Å². The number of rotatable bonds is 6. The van der Waals surface area contributed by atoms with Crippen LogP contribution in [0.25, 0.3) is 11.4 Å². The number of carbonyl (C=O) groups is 1. The summed E-state index contributed by atoms with van der Waals surface area (Å²) in [6.07, 6.45) is -4.74. The number of carbonyl (C=O) groups excluding carboxylic acids is 1. The Balaban J connectivity index is 1.97. The van der Waals surface area contributed by atoms with Gasteiger partial charge >= 0.3 is 18.7 Å². The van der Waals surface area contributed by atoms with Crippen molar-refractivity contribution < 1.29 is 36.0 Å². The van der Waals surface area contributed by atoms with Crippen molar-refractivity contribution >= 4 is 5.91 Å². The van der Waals surface area contributed by atoms with Crippen LogP contribution in [-0.4, -0.2) is 35.8 Å². The average Bonchev–Trinajstić information content (AvgIpc) is 3.01. The maximum absolute atomic E-state index is 12.4. The molecular weight excluding hydrogens is 341 g/mol. The molecule has 1 heterocycles. The van der Waals surface area contributed by atoms with E-state index in [1.165, 1.54) is 24.3 Å². The molecule has 0 aliphatic carbocycles. The zero-order valence-corrected chi connectivity index (χ0v) is 11.8. The molecule has 0 fully saturated rings. The van der Waals surface area contributed by atoms with Gasteiger partial charge in [-0.05, 0) is 12.1 Å². The molecule has 1 aromatic carbocycles. The van der Waals surface area contributed by atoms with E-state index in [4.69, 9.17) is 0 Å². The molecule has 0 saturated heterocycles. The van der Waals surface area contributed by atoms with E-state index < -0.39 is 24.6 Å². The van der Waals surface area contributed by atoms with Crippen molar-refractivity contribution in [1.82, 2.24) is 15.5 Å². The van der Waals surface area contributed by atoms with E-state index in [1.54, 1.807) is 0 Å². The third-order valence-electron chi connectivity index (χ3n) is 2.71. The van der Waals surface area contributed by atoms with Crippen LogP contribution in [0, 0.1) is 0 Å². The van der Waals surface area contributed by atoms with Gasteiger partial charge in [0.1, 0.15) is 0 Å². The number of halogens is 5. The van der Waals surface area contributed by atoms with Gasteiger partial charge in [0.25, 0.3) is 5.91 Å². The van der Waals surface area contributed by atoms with Crippen LogP contribution in [0.3, 0.4) is 0 Å². The molecule has 0 saturated carbocycles. The van der Waals surface area contributed by atoms with Crippen LogP contribution >= 0.6 is 0 Å². The minimum atomic E-state index is -4.74. The largest absolute Gasteiger partial charge is 0.471 e. The molecule has 130 valence electrons. The number of aromatic nitrogens is 2. The van der Waals surface area contributed by atoms with Crippen molar-refractivity contribution in [3.05, 3.63) is 35.7 Å². The van der Waals surface area contributed by atoms with E-state index in [9.17, 15) is 26.7 Å². The summed E-state index contributed by atoms with van der Waals surface area (Å²) in [5, 5.41) is 5.55. The Bertz CT molecular complexity index is 685. The maximum atomic E-state index is 12.4. The molecule has 0 radical (unpaired) electrons. The molecule has 6 nitrogen and oxygen atoms in total. The fraction of sp³-hybridized carbons (Fsp3) is 0.308. The van der Waals surface area contributed by atoms with Crippen molar-refractivity contribution in [2.75, 3.05) is 13.2 Å². The maximum Gasteiger partial charge on any atom is 0.471 e. The summed E-state index contributed by atoms with van der Waals surface area (Å²) in [5.41, 5.74) is 0.391. The average molecular weight is 351 g/mol. The monoisotopic (exact) mass is 351 g/mol. The first-order valence-corrected chi connectivity index (χ1v) is 6.46. The van der Waals surface area contributed by atoms with Crippen LogP contribution in [0.2, 0.25) is 0 Å². The number of amides is 1. The van der Waals surface area contributed by atoms with Crippen LogP contribution < -0.4 is 5.32 Å².